The summed E-state index contributed by atoms with van der Waals surface area (Å²) in [6.45, 7) is 9.72. The molecule has 17 atom stereocenters. The van der Waals surface area contributed by atoms with Gasteiger partial charge in [0.25, 0.3) is 0 Å². The Bertz CT molecular complexity index is 1470. The lowest BCUT2D eigenvalue weighted by molar-refractivity contribution is -0.376. The van der Waals surface area contributed by atoms with Crippen molar-refractivity contribution in [2.75, 3.05) is 19.8 Å². The molecule has 1 aliphatic carbocycles. The van der Waals surface area contributed by atoms with Crippen LogP contribution in [0.1, 0.15) is 76.8 Å². The SMILES string of the molecule is C=C(C)[C@@H]1CCC(C)=C[C@H]1c1c(O)cc(CCCCC)cc1O[C@@H]1O[C@H](CO)[C@@H](O)[C@H](O[C@@H]2O[C@H](CO)[C@@H](O)[C@H](O[C@@H]3O[C@H](CO)[C@@H](C)[C@H](O)[C@H]3O)[C@H]2O)[C@H]1O. The van der Waals surface area contributed by atoms with Crippen molar-refractivity contribution in [3.05, 3.63) is 47.1 Å². The molecular weight excluding hydrogens is 736 g/mol. The maximum absolute atomic E-state index is 11.8. The van der Waals surface area contributed by atoms with Crippen molar-refractivity contribution < 1.29 is 79.5 Å². The summed E-state index contributed by atoms with van der Waals surface area (Å²) in [6, 6.07) is 3.50. The first kappa shape index (κ1) is 44.8. The van der Waals surface area contributed by atoms with E-state index >= 15 is 0 Å². The van der Waals surface area contributed by atoms with Gasteiger partial charge in [-0.05, 0) is 63.1 Å². The number of aliphatic hydroxyl groups excluding tert-OH is 9. The van der Waals surface area contributed by atoms with Crippen molar-refractivity contribution in [1.82, 2.24) is 0 Å². The third-order valence-electron chi connectivity index (χ3n) is 11.7. The van der Waals surface area contributed by atoms with E-state index in [9.17, 15) is 51.1 Å². The third-order valence-corrected chi connectivity index (χ3v) is 11.7. The van der Waals surface area contributed by atoms with Crippen LogP contribution in [0.3, 0.4) is 0 Å². The Morgan fingerprint density at radius 1 is 0.768 bits per heavy atom. The molecule has 0 aromatic heterocycles. The number of rotatable bonds is 15. The van der Waals surface area contributed by atoms with Crippen LogP contribution in [0.15, 0.2) is 35.9 Å². The van der Waals surface area contributed by atoms with Gasteiger partial charge in [-0.1, -0.05) is 50.5 Å². The second-order valence-electron chi connectivity index (χ2n) is 15.8. The quantitative estimate of drug-likeness (QED) is 0.0843. The maximum Gasteiger partial charge on any atom is 0.229 e. The maximum atomic E-state index is 11.8. The predicted molar refractivity (Wildman–Crippen MR) is 198 cm³/mol. The summed E-state index contributed by atoms with van der Waals surface area (Å²) in [5.41, 5.74) is 3.29. The highest BCUT2D eigenvalue weighted by Crippen LogP contribution is 2.48. The van der Waals surface area contributed by atoms with Crippen LogP contribution >= 0.6 is 0 Å². The van der Waals surface area contributed by atoms with E-state index in [0.717, 1.165) is 48.8 Å². The number of benzene rings is 1. The molecule has 0 amide bonds. The standard InChI is InChI=1S/C40H62O16/c1-6-7-8-9-21-13-24(44)29(23-12-19(4)10-11-22(23)18(2)3)25(14-21)51-39-34(49)36(31(46)27(16-42)53-39)56-40-35(50)37(32(47)28(17-43)54-40)55-38-33(48)30(45)20(5)26(15-41)52-38/h12-14,20,22-23,26-28,30-50H,2,6-11,15-17H2,1,3-5H3/t20-,22+,23-,26-,27-,28-,30+,31-,32-,33-,34-,35-,36+,37+,38+,39-,40+/m1/s1. The second-order valence-corrected chi connectivity index (χ2v) is 15.8. The van der Waals surface area contributed by atoms with Crippen LogP contribution in [0.2, 0.25) is 0 Å². The molecule has 0 spiro atoms. The number of phenolic OH excluding ortho intramolecular Hbond substituents is 1. The first-order chi connectivity index (χ1) is 26.6. The summed E-state index contributed by atoms with van der Waals surface area (Å²) in [5, 5.41) is 108. The van der Waals surface area contributed by atoms with Crippen molar-refractivity contribution in [2.24, 2.45) is 11.8 Å². The summed E-state index contributed by atoms with van der Waals surface area (Å²) in [5.74, 6) is -0.850. The van der Waals surface area contributed by atoms with E-state index < -0.39 is 112 Å². The number of aryl methyl sites for hydroxylation is 1. The van der Waals surface area contributed by atoms with Crippen molar-refractivity contribution in [3.63, 3.8) is 0 Å². The predicted octanol–water partition coefficient (Wildman–Crippen LogP) is 0.243. The van der Waals surface area contributed by atoms with Crippen molar-refractivity contribution in [2.45, 2.75) is 158 Å². The van der Waals surface area contributed by atoms with Gasteiger partial charge in [0.05, 0.1) is 32.0 Å². The van der Waals surface area contributed by atoms with E-state index in [0.29, 0.717) is 12.0 Å². The second kappa shape index (κ2) is 19.7. The summed E-state index contributed by atoms with van der Waals surface area (Å²) in [6.07, 6.45) is -15.3. The number of hydrogen-bond donors (Lipinski definition) is 10. The first-order valence-electron chi connectivity index (χ1n) is 19.7. The number of aromatic hydroxyl groups is 1. The highest BCUT2D eigenvalue weighted by molar-refractivity contribution is 5.52. The molecule has 10 N–H and O–H groups in total. The largest absolute Gasteiger partial charge is 0.507 e. The molecule has 1 aromatic rings. The van der Waals surface area contributed by atoms with Crippen LogP contribution in [-0.2, 0) is 30.1 Å². The van der Waals surface area contributed by atoms with E-state index in [-0.39, 0.29) is 23.3 Å². The van der Waals surface area contributed by atoms with Gasteiger partial charge in [0.2, 0.25) is 6.29 Å². The van der Waals surface area contributed by atoms with Gasteiger partial charge >= 0.3 is 0 Å². The fraction of sp³-hybridized carbons (Fsp3) is 0.750. The van der Waals surface area contributed by atoms with Gasteiger partial charge in [0.15, 0.2) is 12.6 Å². The summed E-state index contributed by atoms with van der Waals surface area (Å²) >= 11 is 0. The van der Waals surface area contributed by atoms with Crippen LogP contribution < -0.4 is 4.74 Å². The molecule has 5 rings (SSSR count). The molecule has 3 aliphatic heterocycles. The minimum Gasteiger partial charge on any atom is -0.507 e. The Hall–Kier alpha value is -2.26. The number of unbranched alkanes of at least 4 members (excludes halogenated alkanes) is 2. The van der Waals surface area contributed by atoms with Gasteiger partial charge in [0.1, 0.15) is 66.4 Å². The molecule has 3 fully saturated rings. The minimum absolute atomic E-state index is 0.00855. The summed E-state index contributed by atoms with van der Waals surface area (Å²) in [4.78, 5) is 0. The number of hydrogen-bond acceptors (Lipinski definition) is 16. The normalized spacial score (nSPS) is 40.6. The van der Waals surface area contributed by atoms with E-state index in [1.54, 1.807) is 19.1 Å². The summed E-state index contributed by atoms with van der Waals surface area (Å²) < 4.78 is 35.4. The lowest BCUT2D eigenvalue weighted by Crippen LogP contribution is -2.66. The molecule has 0 saturated carbocycles. The molecule has 16 nitrogen and oxygen atoms in total. The molecule has 318 valence electrons. The van der Waals surface area contributed by atoms with E-state index in [2.05, 4.69) is 19.6 Å². The molecule has 0 unspecified atom stereocenters. The van der Waals surface area contributed by atoms with Crippen LogP contribution in [-0.4, -0.2) is 157 Å². The van der Waals surface area contributed by atoms with Gasteiger partial charge in [-0.25, -0.2) is 0 Å². The zero-order valence-electron chi connectivity index (χ0n) is 32.5. The highest BCUT2D eigenvalue weighted by atomic mass is 16.8. The van der Waals surface area contributed by atoms with Crippen LogP contribution in [0, 0.1) is 11.8 Å². The zero-order chi connectivity index (χ0) is 41.0. The van der Waals surface area contributed by atoms with Gasteiger partial charge < -0.3 is 79.5 Å². The monoisotopic (exact) mass is 798 g/mol. The van der Waals surface area contributed by atoms with E-state index in [1.807, 2.05) is 13.8 Å². The lowest BCUT2D eigenvalue weighted by Gasteiger charge is -2.48. The van der Waals surface area contributed by atoms with Gasteiger partial charge in [-0.2, -0.15) is 0 Å². The van der Waals surface area contributed by atoms with E-state index in [1.165, 1.54) is 0 Å². The molecule has 3 heterocycles. The fourth-order valence-electron chi connectivity index (χ4n) is 8.19. The molecule has 1 aromatic carbocycles. The van der Waals surface area contributed by atoms with Crippen LogP contribution in [0.5, 0.6) is 11.5 Å². The van der Waals surface area contributed by atoms with Crippen LogP contribution in [0.4, 0.5) is 0 Å². The van der Waals surface area contributed by atoms with Crippen molar-refractivity contribution in [1.29, 1.82) is 0 Å². The Balaban J connectivity index is 1.44. The lowest BCUT2D eigenvalue weighted by atomic mass is 9.73. The number of aliphatic hydroxyl groups is 9. The molecule has 3 saturated heterocycles. The fourth-order valence-corrected chi connectivity index (χ4v) is 8.19. The van der Waals surface area contributed by atoms with Gasteiger partial charge in [-0.15, -0.1) is 0 Å². The van der Waals surface area contributed by atoms with E-state index in [4.69, 9.17) is 28.4 Å². The zero-order valence-corrected chi connectivity index (χ0v) is 32.5. The van der Waals surface area contributed by atoms with Crippen molar-refractivity contribution in [3.8, 4) is 11.5 Å². The highest BCUT2D eigenvalue weighted by Gasteiger charge is 2.54. The summed E-state index contributed by atoms with van der Waals surface area (Å²) in [7, 11) is 0. The number of ether oxygens (including phenoxy) is 6. The molecular formula is C40H62O16. The Morgan fingerprint density at radius 3 is 1.89 bits per heavy atom. The third kappa shape index (κ3) is 9.61. The number of phenols is 1. The van der Waals surface area contributed by atoms with Gasteiger partial charge in [-0.3, -0.25) is 0 Å². The Labute approximate surface area is 327 Å². The Kier molecular flexibility index (Phi) is 15.7. The average Bonchev–Trinajstić information content (AvgIpc) is 3.16. The Morgan fingerprint density at radius 2 is 1.32 bits per heavy atom. The topological polar surface area (TPSA) is 258 Å². The molecule has 4 aliphatic rings. The smallest absolute Gasteiger partial charge is 0.229 e. The molecule has 0 bridgehead atoms. The minimum atomic E-state index is -1.91. The molecule has 56 heavy (non-hydrogen) atoms. The molecule has 0 radical (unpaired) electrons. The van der Waals surface area contributed by atoms with Gasteiger partial charge in [0, 0.05) is 17.4 Å². The van der Waals surface area contributed by atoms with Crippen LogP contribution in [0.25, 0.3) is 0 Å². The van der Waals surface area contributed by atoms with Crippen molar-refractivity contribution >= 4 is 0 Å². The average molecular weight is 799 g/mol. The molecule has 16 heteroatoms. The number of allylic oxidation sites excluding steroid dienone is 3. The first-order valence-corrected chi connectivity index (χ1v) is 19.7.